The van der Waals surface area contributed by atoms with Gasteiger partial charge in [-0.15, -0.1) is 0 Å². The van der Waals surface area contributed by atoms with Crippen LogP contribution < -0.4 is 4.74 Å². The molecule has 1 N–H and O–H groups in total. The highest BCUT2D eigenvalue weighted by Gasteiger charge is 2.69. The van der Waals surface area contributed by atoms with Crippen LogP contribution in [0.15, 0.2) is 18.2 Å². The Morgan fingerprint density at radius 2 is 2.31 bits per heavy atom. The summed E-state index contributed by atoms with van der Waals surface area (Å²) in [7, 11) is 0. The molecule has 4 nitrogen and oxygen atoms in total. The first-order valence-electron chi connectivity index (χ1n) is 5.12. The number of hydrogen-bond donors (Lipinski definition) is 1. The fourth-order valence-corrected chi connectivity index (χ4v) is 2.25. The molecule has 2 aliphatic rings. The van der Waals surface area contributed by atoms with E-state index in [9.17, 15) is 9.59 Å². The zero-order chi connectivity index (χ0) is 11.5. The van der Waals surface area contributed by atoms with Crippen LogP contribution in [0.2, 0.25) is 0 Å². The van der Waals surface area contributed by atoms with Crippen LogP contribution >= 0.6 is 0 Å². The van der Waals surface area contributed by atoms with Gasteiger partial charge in [-0.25, -0.2) is 4.79 Å². The van der Waals surface area contributed by atoms with E-state index < -0.39 is 17.5 Å². The fourth-order valence-electron chi connectivity index (χ4n) is 2.25. The second kappa shape index (κ2) is 2.64. The van der Waals surface area contributed by atoms with Crippen molar-refractivity contribution >= 4 is 11.8 Å². The highest BCUT2D eigenvalue weighted by Crippen LogP contribution is 2.53. The maximum absolute atomic E-state index is 12.0. The van der Waals surface area contributed by atoms with Gasteiger partial charge in [0.15, 0.2) is 5.78 Å². The summed E-state index contributed by atoms with van der Waals surface area (Å²) in [5.74, 6) is -1.25. The summed E-state index contributed by atoms with van der Waals surface area (Å²) in [6.07, 6.45) is 0.287. The van der Waals surface area contributed by atoms with Crippen molar-refractivity contribution in [1.29, 1.82) is 0 Å². The SMILES string of the molecule is Cc1ccc2c(c1)C(=O)[C@H]1C[C@]1(C(=O)O)O2. The molecule has 1 saturated carbocycles. The summed E-state index contributed by atoms with van der Waals surface area (Å²) in [5, 5.41) is 9.06. The Morgan fingerprint density at radius 1 is 1.56 bits per heavy atom. The molecule has 0 saturated heterocycles. The minimum absolute atomic E-state index is 0.104. The zero-order valence-electron chi connectivity index (χ0n) is 8.69. The van der Waals surface area contributed by atoms with Crippen molar-refractivity contribution in [3.05, 3.63) is 29.3 Å². The van der Waals surface area contributed by atoms with Crippen LogP contribution in [0.1, 0.15) is 22.3 Å². The summed E-state index contributed by atoms with van der Waals surface area (Å²) in [4.78, 5) is 23.0. The second-order valence-electron chi connectivity index (χ2n) is 4.42. The van der Waals surface area contributed by atoms with Crippen LogP contribution in [0, 0.1) is 12.8 Å². The number of carbonyl (C=O) groups excluding carboxylic acids is 1. The summed E-state index contributed by atoms with van der Waals surface area (Å²) >= 11 is 0. The van der Waals surface area contributed by atoms with Gasteiger partial charge in [-0.05, 0) is 19.1 Å². The lowest BCUT2D eigenvalue weighted by Gasteiger charge is -2.22. The lowest BCUT2D eigenvalue weighted by atomic mass is 9.99. The fraction of sp³-hybridized carbons (Fsp3) is 0.333. The predicted molar refractivity (Wildman–Crippen MR) is 54.6 cm³/mol. The first kappa shape index (κ1) is 9.39. The van der Waals surface area contributed by atoms with Gasteiger partial charge in [-0.1, -0.05) is 11.6 Å². The molecule has 0 radical (unpaired) electrons. The number of ether oxygens (including phenoxy) is 1. The van der Waals surface area contributed by atoms with Gasteiger partial charge in [0.1, 0.15) is 5.75 Å². The molecule has 0 spiro atoms. The molecular formula is C12H10O4. The first-order valence-corrected chi connectivity index (χ1v) is 5.12. The molecule has 82 valence electrons. The maximum atomic E-state index is 12.0. The average molecular weight is 218 g/mol. The zero-order valence-corrected chi connectivity index (χ0v) is 8.69. The Hall–Kier alpha value is -1.84. The number of hydrogen-bond acceptors (Lipinski definition) is 3. The van der Waals surface area contributed by atoms with Crippen molar-refractivity contribution in [1.82, 2.24) is 0 Å². The average Bonchev–Trinajstić information content (AvgIpc) is 2.96. The largest absolute Gasteiger partial charge is 0.478 e. The number of aliphatic carboxylic acids is 1. The van der Waals surface area contributed by atoms with Crippen molar-refractivity contribution in [2.75, 3.05) is 0 Å². The summed E-state index contributed by atoms with van der Waals surface area (Å²) in [6.45, 7) is 1.89. The highest BCUT2D eigenvalue weighted by molar-refractivity contribution is 6.09. The van der Waals surface area contributed by atoms with Gasteiger partial charge in [0.05, 0.1) is 11.5 Å². The van der Waals surface area contributed by atoms with Gasteiger partial charge in [-0.2, -0.15) is 0 Å². The van der Waals surface area contributed by atoms with E-state index in [1.807, 2.05) is 13.0 Å². The van der Waals surface area contributed by atoms with E-state index in [1.54, 1.807) is 12.1 Å². The summed E-state index contributed by atoms with van der Waals surface area (Å²) in [6, 6.07) is 5.23. The molecule has 0 amide bonds. The van der Waals surface area contributed by atoms with E-state index >= 15 is 0 Å². The molecule has 1 aromatic rings. The normalized spacial score (nSPS) is 30.1. The van der Waals surface area contributed by atoms with Gasteiger partial charge < -0.3 is 9.84 Å². The molecule has 1 fully saturated rings. The topological polar surface area (TPSA) is 63.6 Å². The van der Waals surface area contributed by atoms with Crippen LogP contribution in [0.25, 0.3) is 0 Å². The van der Waals surface area contributed by atoms with Gasteiger partial charge in [-0.3, -0.25) is 4.79 Å². The molecule has 16 heavy (non-hydrogen) atoms. The monoisotopic (exact) mass is 218 g/mol. The van der Waals surface area contributed by atoms with E-state index in [2.05, 4.69) is 0 Å². The third-order valence-corrected chi connectivity index (χ3v) is 3.28. The quantitative estimate of drug-likeness (QED) is 0.774. The Kier molecular flexibility index (Phi) is 1.55. The molecule has 0 unspecified atom stereocenters. The number of benzene rings is 1. The molecule has 0 aromatic heterocycles. The molecule has 1 aliphatic carbocycles. The molecule has 4 heteroatoms. The van der Waals surface area contributed by atoms with Crippen LogP contribution in [0.5, 0.6) is 5.75 Å². The minimum atomic E-state index is -1.28. The lowest BCUT2D eigenvalue weighted by Crippen LogP contribution is -2.37. The van der Waals surface area contributed by atoms with Crippen LogP contribution in [-0.4, -0.2) is 22.5 Å². The first-order chi connectivity index (χ1) is 7.54. The number of rotatable bonds is 1. The Bertz CT molecular complexity index is 520. The number of aryl methyl sites for hydroxylation is 1. The predicted octanol–water partition coefficient (Wildman–Crippen LogP) is 1.41. The van der Waals surface area contributed by atoms with Gasteiger partial charge in [0.25, 0.3) is 0 Å². The Labute approximate surface area is 91.8 Å². The molecule has 3 rings (SSSR count). The third kappa shape index (κ3) is 0.988. The highest BCUT2D eigenvalue weighted by atomic mass is 16.5. The molecule has 1 aromatic carbocycles. The number of carboxylic acids is 1. The van der Waals surface area contributed by atoms with E-state index in [-0.39, 0.29) is 12.2 Å². The smallest absolute Gasteiger partial charge is 0.348 e. The molecule has 1 aliphatic heterocycles. The summed E-state index contributed by atoms with van der Waals surface area (Å²) < 4.78 is 5.46. The lowest BCUT2D eigenvalue weighted by molar-refractivity contribution is -0.148. The van der Waals surface area contributed by atoms with E-state index in [4.69, 9.17) is 9.84 Å². The molecule has 1 heterocycles. The number of carboxylic acid groups (broad SMARTS) is 1. The Balaban J connectivity index is 2.11. The van der Waals surface area contributed by atoms with Crippen LogP contribution in [-0.2, 0) is 4.79 Å². The van der Waals surface area contributed by atoms with Crippen molar-refractivity contribution in [3.8, 4) is 5.75 Å². The number of ketones is 1. The second-order valence-corrected chi connectivity index (χ2v) is 4.42. The van der Waals surface area contributed by atoms with Crippen LogP contribution in [0.3, 0.4) is 0 Å². The van der Waals surface area contributed by atoms with Crippen LogP contribution in [0.4, 0.5) is 0 Å². The molecular weight excluding hydrogens is 208 g/mol. The molecule has 0 bridgehead atoms. The van der Waals surface area contributed by atoms with Crippen molar-refractivity contribution in [2.45, 2.75) is 18.9 Å². The Morgan fingerprint density at radius 3 is 3.00 bits per heavy atom. The van der Waals surface area contributed by atoms with E-state index in [1.165, 1.54) is 0 Å². The van der Waals surface area contributed by atoms with Crippen molar-refractivity contribution in [3.63, 3.8) is 0 Å². The third-order valence-electron chi connectivity index (χ3n) is 3.28. The maximum Gasteiger partial charge on any atom is 0.348 e. The van der Waals surface area contributed by atoms with Gasteiger partial charge in [0, 0.05) is 6.42 Å². The van der Waals surface area contributed by atoms with Gasteiger partial charge in [0.2, 0.25) is 5.60 Å². The minimum Gasteiger partial charge on any atom is -0.478 e. The standard InChI is InChI=1S/C12H10O4/c1-6-2-3-9-7(4-6)10(13)8-5-12(8,16-9)11(14)15/h2-4,8H,5H2,1H3,(H,14,15)/t8-,12+/m1/s1. The van der Waals surface area contributed by atoms with E-state index in [0.29, 0.717) is 11.3 Å². The van der Waals surface area contributed by atoms with Crippen molar-refractivity contribution in [2.24, 2.45) is 5.92 Å². The summed E-state index contributed by atoms with van der Waals surface area (Å²) in [5.41, 5.74) is 0.206. The number of Topliss-reactive ketones (excluding diaryl/α,β-unsaturated/α-hetero) is 1. The van der Waals surface area contributed by atoms with Gasteiger partial charge >= 0.3 is 5.97 Å². The number of fused-ring (bicyclic) bond motifs is 2. The number of carbonyl (C=O) groups is 2. The molecule has 2 atom stereocenters. The van der Waals surface area contributed by atoms with Crippen molar-refractivity contribution < 1.29 is 19.4 Å². The van der Waals surface area contributed by atoms with E-state index in [0.717, 1.165) is 5.56 Å².